The number of carbonyl (C=O) groups is 3. The Balaban J connectivity index is 1.46. The molecule has 1 atom stereocenters. The topological polar surface area (TPSA) is 96.5 Å². The highest BCUT2D eigenvalue weighted by molar-refractivity contribution is 9.10. The molecule has 208 valence electrons. The molecule has 0 aromatic heterocycles. The fourth-order valence-electron chi connectivity index (χ4n) is 3.69. The molecule has 0 fully saturated rings. The van der Waals surface area contributed by atoms with Crippen LogP contribution < -0.4 is 20.7 Å². The lowest BCUT2D eigenvalue weighted by Crippen LogP contribution is -2.30. The van der Waals surface area contributed by atoms with Gasteiger partial charge in [0.1, 0.15) is 11.4 Å². The Morgan fingerprint density at radius 1 is 0.829 bits per heavy atom. The number of hydrogen-bond donors (Lipinski definition) is 3. The molecule has 0 saturated carbocycles. The van der Waals surface area contributed by atoms with Gasteiger partial charge in [0.2, 0.25) is 5.91 Å². The quantitative estimate of drug-likeness (QED) is 0.130. The summed E-state index contributed by atoms with van der Waals surface area (Å²) in [5.74, 6) is -0.327. The van der Waals surface area contributed by atoms with E-state index < -0.39 is 17.1 Å². The Kier molecular flexibility index (Phi) is 10.4. The van der Waals surface area contributed by atoms with E-state index in [4.69, 9.17) is 4.74 Å². The van der Waals surface area contributed by atoms with Gasteiger partial charge in [0.15, 0.2) is 0 Å². The summed E-state index contributed by atoms with van der Waals surface area (Å²) in [7, 11) is 1.59. The Hall–Kier alpha value is -4.34. The van der Waals surface area contributed by atoms with Gasteiger partial charge in [-0.15, -0.1) is 11.8 Å². The second-order valence-electron chi connectivity index (χ2n) is 8.89. The smallest absolute Gasteiger partial charge is 0.272 e. The van der Waals surface area contributed by atoms with Gasteiger partial charge in [0.05, 0.1) is 12.4 Å². The number of anilines is 2. The highest BCUT2D eigenvalue weighted by Crippen LogP contribution is 2.27. The second-order valence-corrected chi connectivity index (χ2v) is 11.2. The van der Waals surface area contributed by atoms with Crippen LogP contribution in [-0.2, 0) is 9.59 Å². The van der Waals surface area contributed by atoms with Crippen molar-refractivity contribution in [2.75, 3.05) is 17.7 Å². The van der Waals surface area contributed by atoms with E-state index in [9.17, 15) is 14.4 Å². The summed E-state index contributed by atoms with van der Waals surface area (Å²) in [5, 5.41) is 8.10. The van der Waals surface area contributed by atoms with Crippen LogP contribution in [0.5, 0.6) is 5.75 Å². The van der Waals surface area contributed by atoms with E-state index in [1.165, 1.54) is 11.8 Å². The highest BCUT2D eigenvalue weighted by atomic mass is 79.9. The standard InChI is InChI=1S/C32H28BrN3O4S/c1-21(30(37)34-25-15-17-27(40-2)18-16-25)41-28-10-6-9-26(20-28)35-32(39)29(19-22-11-13-24(33)14-12-22)36-31(38)23-7-4-3-5-8-23/h3-21H,1-2H3,(H,34,37)(H,35,39)(H,36,38)/b29-19-. The largest absolute Gasteiger partial charge is 0.497 e. The van der Waals surface area contributed by atoms with Crippen molar-refractivity contribution in [2.45, 2.75) is 17.1 Å². The van der Waals surface area contributed by atoms with Gasteiger partial charge >= 0.3 is 0 Å². The molecule has 41 heavy (non-hydrogen) atoms. The van der Waals surface area contributed by atoms with Crippen LogP contribution in [0, 0.1) is 0 Å². The lowest BCUT2D eigenvalue weighted by Gasteiger charge is -2.14. The Morgan fingerprint density at radius 2 is 1.54 bits per heavy atom. The van der Waals surface area contributed by atoms with Crippen LogP contribution in [0.1, 0.15) is 22.8 Å². The summed E-state index contributed by atoms with van der Waals surface area (Å²) in [4.78, 5) is 39.8. The van der Waals surface area contributed by atoms with Crippen molar-refractivity contribution < 1.29 is 19.1 Å². The van der Waals surface area contributed by atoms with Gasteiger partial charge in [-0.05, 0) is 85.3 Å². The molecule has 0 aliphatic carbocycles. The van der Waals surface area contributed by atoms with Gasteiger partial charge in [-0.3, -0.25) is 14.4 Å². The highest BCUT2D eigenvalue weighted by Gasteiger charge is 2.17. The third-order valence-electron chi connectivity index (χ3n) is 5.84. The number of amides is 3. The van der Waals surface area contributed by atoms with Gasteiger partial charge < -0.3 is 20.7 Å². The number of thioether (sulfide) groups is 1. The molecule has 0 aliphatic rings. The van der Waals surface area contributed by atoms with Crippen molar-refractivity contribution in [1.82, 2.24) is 5.32 Å². The summed E-state index contributed by atoms with van der Waals surface area (Å²) in [5.41, 5.74) is 2.46. The number of ether oxygens (including phenoxy) is 1. The minimum atomic E-state index is -0.482. The van der Waals surface area contributed by atoms with Crippen LogP contribution in [0.2, 0.25) is 0 Å². The minimum Gasteiger partial charge on any atom is -0.497 e. The molecule has 0 spiro atoms. The van der Waals surface area contributed by atoms with Crippen LogP contribution in [0.25, 0.3) is 6.08 Å². The van der Waals surface area contributed by atoms with Gasteiger partial charge in [0, 0.05) is 26.3 Å². The van der Waals surface area contributed by atoms with E-state index in [-0.39, 0.29) is 11.6 Å². The Morgan fingerprint density at radius 3 is 2.22 bits per heavy atom. The van der Waals surface area contributed by atoms with Crippen molar-refractivity contribution >= 4 is 62.9 Å². The fourth-order valence-corrected chi connectivity index (χ4v) is 4.88. The maximum Gasteiger partial charge on any atom is 0.272 e. The second kappa shape index (κ2) is 14.3. The molecule has 0 heterocycles. The molecule has 4 rings (SSSR count). The number of rotatable bonds is 10. The summed E-state index contributed by atoms with van der Waals surface area (Å²) in [6.45, 7) is 1.81. The molecule has 9 heteroatoms. The Labute approximate surface area is 251 Å². The fraction of sp³-hybridized carbons (Fsp3) is 0.0938. The number of nitrogens with one attached hydrogen (secondary N) is 3. The van der Waals surface area contributed by atoms with Crippen molar-refractivity contribution in [3.05, 3.63) is 124 Å². The van der Waals surface area contributed by atoms with E-state index in [1.807, 2.05) is 43.3 Å². The van der Waals surface area contributed by atoms with Gasteiger partial charge in [-0.1, -0.05) is 52.3 Å². The third-order valence-corrected chi connectivity index (χ3v) is 7.46. The van der Waals surface area contributed by atoms with E-state index in [1.54, 1.807) is 79.9 Å². The van der Waals surface area contributed by atoms with Crippen LogP contribution in [-0.4, -0.2) is 30.1 Å². The van der Waals surface area contributed by atoms with Crippen molar-refractivity contribution in [3.63, 3.8) is 0 Å². The first-order valence-electron chi connectivity index (χ1n) is 12.7. The molecule has 0 radical (unpaired) electrons. The van der Waals surface area contributed by atoms with E-state index >= 15 is 0 Å². The number of hydrogen-bond acceptors (Lipinski definition) is 5. The zero-order valence-electron chi connectivity index (χ0n) is 22.4. The zero-order valence-corrected chi connectivity index (χ0v) is 24.8. The molecule has 0 bridgehead atoms. The number of halogens is 1. The van der Waals surface area contributed by atoms with E-state index in [2.05, 4.69) is 31.9 Å². The average Bonchev–Trinajstić information content (AvgIpc) is 2.98. The molecular weight excluding hydrogens is 602 g/mol. The summed E-state index contributed by atoms with van der Waals surface area (Å²) in [6.07, 6.45) is 1.62. The van der Waals surface area contributed by atoms with Crippen molar-refractivity contribution in [2.24, 2.45) is 0 Å². The monoisotopic (exact) mass is 629 g/mol. The summed E-state index contributed by atoms with van der Waals surface area (Å²) in [6, 6.07) is 30.4. The molecule has 3 N–H and O–H groups in total. The lowest BCUT2D eigenvalue weighted by molar-refractivity contribution is -0.115. The van der Waals surface area contributed by atoms with E-state index in [0.717, 1.165) is 14.9 Å². The lowest BCUT2D eigenvalue weighted by atomic mass is 10.1. The van der Waals surface area contributed by atoms with E-state index in [0.29, 0.717) is 22.7 Å². The predicted octanol–water partition coefficient (Wildman–Crippen LogP) is 6.99. The molecule has 7 nitrogen and oxygen atoms in total. The molecule has 4 aromatic carbocycles. The predicted molar refractivity (Wildman–Crippen MR) is 168 cm³/mol. The zero-order chi connectivity index (χ0) is 29.2. The first-order chi connectivity index (χ1) is 19.8. The maximum atomic E-state index is 13.4. The van der Waals surface area contributed by atoms with Crippen LogP contribution in [0.4, 0.5) is 11.4 Å². The third kappa shape index (κ3) is 8.83. The van der Waals surface area contributed by atoms with Crippen molar-refractivity contribution in [3.8, 4) is 5.75 Å². The molecule has 0 saturated heterocycles. The maximum absolute atomic E-state index is 13.4. The molecule has 4 aromatic rings. The summed E-state index contributed by atoms with van der Waals surface area (Å²) < 4.78 is 6.05. The molecular formula is C32H28BrN3O4S. The van der Waals surface area contributed by atoms with Crippen LogP contribution in [0.15, 0.2) is 118 Å². The SMILES string of the molecule is COc1ccc(NC(=O)C(C)Sc2cccc(NC(=O)/C(=C/c3ccc(Br)cc3)NC(=O)c3ccccc3)c2)cc1. The number of methoxy groups -OCH3 is 1. The van der Waals surface area contributed by atoms with Crippen molar-refractivity contribution in [1.29, 1.82) is 0 Å². The van der Waals surface area contributed by atoms with Gasteiger partial charge in [-0.25, -0.2) is 0 Å². The minimum absolute atomic E-state index is 0.0893. The normalized spacial score (nSPS) is 11.7. The Bertz CT molecular complexity index is 1540. The average molecular weight is 631 g/mol. The van der Waals surface area contributed by atoms with Crippen LogP contribution >= 0.6 is 27.7 Å². The first kappa shape index (κ1) is 29.6. The van der Waals surface area contributed by atoms with Crippen LogP contribution in [0.3, 0.4) is 0 Å². The number of carbonyl (C=O) groups excluding carboxylic acids is 3. The number of benzene rings is 4. The molecule has 3 amide bonds. The first-order valence-corrected chi connectivity index (χ1v) is 14.3. The van der Waals surface area contributed by atoms with Gasteiger partial charge in [0.25, 0.3) is 11.8 Å². The summed E-state index contributed by atoms with van der Waals surface area (Å²) >= 11 is 4.77. The molecule has 0 aliphatic heterocycles. The molecule has 1 unspecified atom stereocenters. The van der Waals surface area contributed by atoms with Gasteiger partial charge in [-0.2, -0.15) is 0 Å².